The number of aromatic nitrogens is 2. The first-order valence-corrected chi connectivity index (χ1v) is 8.19. The highest BCUT2D eigenvalue weighted by atomic mass is 35.5. The summed E-state index contributed by atoms with van der Waals surface area (Å²) in [6, 6.07) is 12.6. The number of hydrogen-bond acceptors (Lipinski definition) is 4. The number of carbonyl (C=O) groups excluding carboxylic acids is 1. The molecular formula is C18H14Cl2N4O. The number of nitrogens with one attached hydrogen (secondary N) is 2. The van der Waals surface area contributed by atoms with E-state index in [2.05, 4.69) is 20.6 Å². The topological polar surface area (TPSA) is 66.9 Å². The standard InChI is InChI=1S/C18H14Cl2N4O/c1-11-4-2-3-5-15(11)24-18(25)16-9-22-17(10-21-16)23-14-7-12(19)6-13(20)8-14/h2-10H,1H3,(H,22,23)(H,24,25). The fourth-order valence-corrected chi connectivity index (χ4v) is 2.71. The third kappa shape index (κ3) is 4.47. The van der Waals surface area contributed by atoms with Gasteiger partial charge in [0.25, 0.3) is 5.91 Å². The van der Waals surface area contributed by atoms with E-state index < -0.39 is 0 Å². The van der Waals surface area contributed by atoms with Gasteiger partial charge in [-0.1, -0.05) is 41.4 Å². The van der Waals surface area contributed by atoms with Gasteiger partial charge >= 0.3 is 0 Å². The molecule has 0 unspecified atom stereocenters. The first-order chi connectivity index (χ1) is 12.0. The zero-order valence-corrected chi connectivity index (χ0v) is 14.8. The van der Waals surface area contributed by atoms with Crippen LogP contribution in [-0.2, 0) is 0 Å². The van der Waals surface area contributed by atoms with Gasteiger partial charge < -0.3 is 10.6 Å². The lowest BCUT2D eigenvalue weighted by Gasteiger charge is -2.09. The molecule has 1 aromatic heterocycles. The summed E-state index contributed by atoms with van der Waals surface area (Å²) in [6.07, 6.45) is 2.88. The van der Waals surface area contributed by atoms with E-state index in [1.54, 1.807) is 18.2 Å². The molecule has 3 rings (SSSR count). The van der Waals surface area contributed by atoms with Gasteiger partial charge in [-0.05, 0) is 36.8 Å². The van der Waals surface area contributed by atoms with Crippen LogP contribution in [0.4, 0.5) is 17.2 Å². The summed E-state index contributed by atoms with van der Waals surface area (Å²) >= 11 is 11.9. The van der Waals surface area contributed by atoms with Crippen LogP contribution in [-0.4, -0.2) is 15.9 Å². The summed E-state index contributed by atoms with van der Waals surface area (Å²) in [5.74, 6) is 0.157. The molecule has 3 aromatic rings. The molecule has 0 aliphatic carbocycles. The average molecular weight is 373 g/mol. The lowest BCUT2D eigenvalue weighted by Crippen LogP contribution is -2.15. The predicted octanol–water partition coefficient (Wildman–Crippen LogP) is 5.09. The van der Waals surface area contributed by atoms with Gasteiger partial charge in [-0.25, -0.2) is 9.97 Å². The average Bonchev–Trinajstić information content (AvgIpc) is 2.56. The third-order valence-electron chi connectivity index (χ3n) is 3.41. The molecule has 0 aliphatic rings. The maximum absolute atomic E-state index is 12.3. The number of nitrogens with zero attached hydrogens (tertiary/aromatic N) is 2. The molecule has 0 aliphatic heterocycles. The van der Waals surface area contributed by atoms with Crippen LogP contribution < -0.4 is 10.6 Å². The second-order valence-electron chi connectivity index (χ2n) is 5.34. The zero-order valence-electron chi connectivity index (χ0n) is 13.3. The monoisotopic (exact) mass is 372 g/mol. The van der Waals surface area contributed by atoms with Gasteiger partial charge in [0, 0.05) is 21.4 Å². The van der Waals surface area contributed by atoms with Gasteiger partial charge in [0.15, 0.2) is 0 Å². The Morgan fingerprint density at radius 3 is 2.36 bits per heavy atom. The molecule has 2 aromatic carbocycles. The summed E-state index contributed by atoms with van der Waals surface area (Å²) < 4.78 is 0. The maximum atomic E-state index is 12.3. The van der Waals surface area contributed by atoms with Crippen molar-refractivity contribution in [2.45, 2.75) is 6.92 Å². The maximum Gasteiger partial charge on any atom is 0.275 e. The number of aryl methyl sites for hydroxylation is 1. The molecule has 0 bridgehead atoms. The van der Waals surface area contributed by atoms with Crippen LogP contribution in [0.25, 0.3) is 0 Å². The zero-order chi connectivity index (χ0) is 17.8. The number of carbonyl (C=O) groups is 1. The number of rotatable bonds is 4. The van der Waals surface area contributed by atoms with Crippen LogP contribution >= 0.6 is 23.2 Å². The SMILES string of the molecule is Cc1ccccc1NC(=O)c1cnc(Nc2cc(Cl)cc(Cl)c2)cn1. The van der Waals surface area contributed by atoms with E-state index in [4.69, 9.17) is 23.2 Å². The highest BCUT2D eigenvalue weighted by Gasteiger charge is 2.10. The summed E-state index contributed by atoms with van der Waals surface area (Å²) in [5, 5.41) is 6.87. The highest BCUT2D eigenvalue weighted by Crippen LogP contribution is 2.24. The first-order valence-electron chi connectivity index (χ1n) is 7.43. The summed E-state index contributed by atoms with van der Waals surface area (Å²) in [5.41, 5.74) is 2.62. The quantitative estimate of drug-likeness (QED) is 0.669. The van der Waals surface area contributed by atoms with E-state index in [0.29, 0.717) is 21.6 Å². The highest BCUT2D eigenvalue weighted by molar-refractivity contribution is 6.35. The molecule has 0 fully saturated rings. The van der Waals surface area contributed by atoms with Crippen LogP contribution in [0.5, 0.6) is 0 Å². The fraction of sp³-hybridized carbons (Fsp3) is 0.0556. The van der Waals surface area contributed by atoms with Gasteiger partial charge in [0.1, 0.15) is 11.5 Å². The number of para-hydroxylation sites is 1. The molecule has 1 amide bonds. The van der Waals surface area contributed by atoms with E-state index in [1.807, 2.05) is 31.2 Å². The van der Waals surface area contributed by atoms with E-state index >= 15 is 0 Å². The number of amides is 1. The Balaban J connectivity index is 1.71. The molecule has 0 spiro atoms. The van der Waals surface area contributed by atoms with Crippen molar-refractivity contribution >= 4 is 46.3 Å². The molecule has 1 heterocycles. The van der Waals surface area contributed by atoms with Crippen molar-refractivity contribution in [3.05, 3.63) is 76.2 Å². The molecule has 126 valence electrons. The van der Waals surface area contributed by atoms with Gasteiger partial charge in [0.05, 0.1) is 12.4 Å². The fourth-order valence-electron chi connectivity index (χ4n) is 2.18. The summed E-state index contributed by atoms with van der Waals surface area (Å²) in [6.45, 7) is 1.92. The Labute approximate surface area is 155 Å². The van der Waals surface area contributed by atoms with E-state index in [9.17, 15) is 4.79 Å². The Morgan fingerprint density at radius 2 is 1.72 bits per heavy atom. The minimum atomic E-state index is -0.320. The molecule has 0 saturated heterocycles. The van der Waals surface area contributed by atoms with E-state index in [1.165, 1.54) is 12.4 Å². The molecule has 2 N–H and O–H groups in total. The Bertz CT molecular complexity index is 893. The smallest absolute Gasteiger partial charge is 0.275 e. The predicted molar refractivity (Wildman–Crippen MR) is 101 cm³/mol. The van der Waals surface area contributed by atoms with Crippen molar-refractivity contribution in [1.82, 2.24) is 9.97 Å². The van der Waals surface area contributed by atoms with E-state index in [0.717, 1.165) is 11.3 Å². The number of anilines is 3. The number of halogens is 2. The van der Waals surface area contributed by atoms with Crippen LogP contribution in [0, 0.1) is 6.92 Å². The lowest BCUT2D eigenvalue weighted by molar-refractivity contribution is 0.102. The minimum absolute atomic E-state index is 0.220. The van der Waals surface area contributed by atoms with Crippen LogP contribution in [0.15, 0.2) is 54.9 Å². The molecule has 7 heteroatoms. The van der Waals surface area contributed by atoms with Crippen LogP contribution in [0.2, 0.25) is 10.0 Å². The van der Waals surface area contributed by atoms with Crippen molar-refractivity contribution in [2.75, 3.05) is 10.6 Å². The van der Waals surface area contributed by atoms with Crippen molar-refractivity contribution in [3.8, 4) is 0 Å². The van der Waals surface area contributed by atoms with Gasteiger partial charge in [-0.3, -0.25) is 4.79 Å². The summed E-state index contributed by atoms with van der Waals surface area (Å²) in [7, 11) is 0. The van der Waals surface area contributed by atoms with Gasteiger partial charge in [0.2, 0.25) is 0 Å². The molecule has 0 atom stereocenters. The third-order valence-corrected chi connectivity index (χ3v) is 3.85. The lowest BCUT2D eigenvalue weighted by atomic mass is 10.2. The normalized spacial score (nSPS) is 10.4. The van der Waals surface area contributed by atoms with Crippen molar-refractivity contribution in [1.29, 1.82) is 0 Å². The molecule has 5 nitrogen and oxygen atoms in total. The second-order valence-corrected chi connectivity index (χ2v) is 6.21. The molecule has 0 radical (unpaired) electrons. The molecular weight excluding hydrogens is 359 g/mol. The van der Waals surface area contributed by atoms with Crippen LogP contribution in [0.1, 0.15) is 16.1 Å². The van der Waals surface area contributed by atoms with E-state index in [-0.39, 0.29) is 11.6 Å². The summed E-state index contributed by atoms with van der Waals surface area (Å²) in [4.78, 5) is 20.6. The Hall–Kier alpha value is -2.63. The van der Waals surface area contributed by atoms with Gasteiger partial charge in [-0.15, -0.1) is 0 Å². The largest absolute Gasteiger partial charge is 0.339 e. The molecule has 25 heavy (non-hydrogen) atoms. The Morgan fingerprint density at radius 1 is 1.00 bits per heavy atom. The number of benzene rings is 2. The van der Waals surface area contributed by atoms with Crippen molar-refractivity contribution in [3.63, 3.8) is 0 Å². The van der Waals surface area contributed by atoms with Crippen molar-refractivity contribution in [2.24, 2.45) is 0 Å². The minimum Gasteiger partial charge on any atom is -0.339 e. The van der Waals surface area contributed by atoms with Crippen molar-refractivity contribution < 1.29 is 4.79 Å². The van der Waals surface area contributed by atoms with Crippen LogP contribution in [0.3, 0.4) is 0 Å². The second kappa shape index (κ2) is 7.51. The van der Waals surface area contributed by atoms with Gasteiger partial charge in [-0.2, -0.15) is 0 Å². The Kier molecular flexibility index (Phi) is 5.16. The number of hydrogen-bond donors (Lipinski definition) is 2. The first kappa shape index (κ1) is 17.2. The molecule has 0 saturated carbocycles.